The van der Waals surface area contributed by atoms with Crippen LogP contribution < -0.4 is 0 Å². The number of hydrogen-bond acceptors (Lipinski definition) is 4. The van der Waals surface area contributed by atoms with E-state index in [0.717, 1.165) is 0 Å². The van der Waals surface area contributed by atoms with E-state index in [1.807, 2.05) is 20.8 Å². The average Bonchev–Trinajstić information content (AvgIpc) is 2.85. The second-order valence-corrected chi connectivity index (χ2v) is 5.54. The number of aromatic carboxylic acids is 1. The summed E-state index contributed by atoms with van der Waals surface area (Å²) in [6.45, 7) is 5.91. The van der Waals surface area contributed by atoms with Crippen LogP contribution in [0.15, 0.2) is 17.8 Å². The van der Waals surface area contributed by atoms with Gasteiger partial charge in [0.15, 0.2) is 0 Å². The summed E-state index contributed by atoms with van der Waals surface area (Å²) in [6.07, 6.45) is 3.20. The van der Waals surface area contributed by atoms with Crippen LogP contribution in [-0.2, 0) is 5.54 Å². The molecule has 0 aliphatic heterocycles. The molecule has 1 N–H and O–H groups in total. The van der Waals surface area contributed by atoms with Crippen LogP contribution in [-0.4, -0.2) is 25.8 Å². The van der Waals surface area contributed by atoms with E-state index in [-0.39, 0.29) is 11.1 Å². The fourth-order valence-electron chi connectivity index (χ4n) is 1.37. The standard InChI is InChI=1S/C11H13N3O2S/c1-11(2,3)14-6-7(10(15)16)8(13-14)9-12-4-5-17-9/h4-6H,1-3H3,(H,15,16). The molecule has 0 saturated carbocycles. The molecule has 17 heavy (non-hydrogen) atoms. The average molecular weight is 251 g/mol. The zero-order valence-electron chi connectivity index (χ0n) is 9.84. The normalized spacial score (nSPS) is 11.7. The van der Waals surface area contributed by atoms with E-state index >= 15 is 0 Å². The summed E-state index contributed by atoms with van der Waals surface area (Å²) in [4.78, 5) is 15.3. The third kappa shape index (κ3) is 2.21. The summed E-state index contributed by atoms with van der Waals surface area (Å²) in [5.41, 5.74) is 0.372. The van der Waals surface area contributed by atoms with E-state index < -0.39 is 5.97 Å². The van der Waals surface area contributed by atoms with Crippen molar-refractivity contribution in [3.63, 3.8) is 0 Å². The van der Waals surface area contributed by atoms with Gasteiger partial charge in [0.1, 0.15) is 16.3 Å². The van der Waals surface area contributed by atoms with Crippen LogP contribution in [0, 0.1) is 0 Å². The van der Waals surface area contributed by atoms with Crippen molar-refractivity contribution >= 4 is 17.3 Å². The summed E-state index contributed by atoms with van der Waals surface area (Å²) in [7, 11) is 0. The number of carboxylic acids is 1. The van der Waals surface area contributed by atoms with Gasteiger partial charge in [-0.2, -0.15) is 5.10 Å². The maximum absolute atomic E-state index is 11.2. The number of carbonyl (C=O) groups is 1. The lowest BCUT2D eigenvalue weighted by Gasteiger charge is -2.18. The number of nitrogens with zero attached hydrogens (tertiary/aromatic N) is 3. The monoisotopic (exact) mass is 251 g/mol. The van der Waals surface area contributed by atoms with Crippen LogP contribution in [0.4, 0.5) is 0 Å². The van der Waals surface area contributed by atoms with Crippen molar-refractivity contribution in [2.75, 3.05) is 0 Å². The molecule has 0 unspecified atom stereocenters. The van der Waals surface area contributed by atoms with Gasteiger partial charge in [-0.3, -0.25) is 4.68 Å². The molecule has 0 aliphatic rings. The second-order valence-electron chi connectivity index (χ2n) is 4.65. The second kappa shape index (κ2) is 3.96. The highest BCUT2D eigenvalue weighted by molar-refractivity contribution is 7.13. The van der Waals surface area contributed by atoms with Gasteiger partial charge in [0, 0.05) is 17.8 Å². The molecule has 2 aromatic rings. The van der Waals surface area contributed by atoms with Crippen molar-refractivity contribution in [1.82, 2.24) is 14.8 Å². The molecule has 2 aromatic heterocycles. The van der Waals surface area contributed by atoms with Gasteiger partial charge in [0.05, 0.1) is 5.54 Å². The highest BCUT2D eigenvalue weighted by atomic mass is 32.1. The molecule has 0 aromatic carbocycles. The quantitative estimate of drug-likeness (QED) is 0.890. The van der Waals surface area contributed by atoms with Gasteiger partial charge < -0.3 is 5.11 Å². The van der Waals surface area contributed by atoms with Gasteiger partial charge in [0.2, 0.25) is 0 Å². The molecule has 0 aliphatic carbocycles. The molecule has 0 atom stereocenters. The van der Waals surface area contributed by atoms with Crippen molar-refractivity contribution in [2.45, 2.75) is 26.3 Å². The lowest BCUT2D eigenvalue weighted by molar-refractivity contribution is 0.0697. The first-order chi connectivity index (χ1) is 7.89. The summed E-state index contributed by atoms with van der Waals surface area (Å²) in [5.74, 6) is -0.981. The Balaban J connectivity index is 2.58. The third-order valence-electron chi connectivity index (χ3n) is 2.27. The molecule has 0 bridgehead atoms. The van der Waals surface area contributed by atoms with E-state index in [2.05, 4.69) is 10.1 Å². The molecule has 6 heteroatoms. The number of rotatable bonds is 2. The van der Waals surface area contributed by atoms with Gasteiger partial charge in [-0.15, -0.1) is 11.3 Å². The van der Waals surface area contributed by atoms with Crippen molar-refractivity contribution in [3.05, 3.63) is 23.3 Å². The fourth-order valence-corrected chi connectivity index (χ4v) is 2.01. The minimum absolute atomic E-state index is 0.190. The van der Waals surface area contributed by atoms with Gasteiger partial charge in [-0.25, -0.2) is 9.78 Å². The molecule has 2 rings (SSSR count). The van der Waals surface area contributed by atoms with Crippen LogP contribution in [0.1, 0.15) is 31.1 Å². The van der Waals surface area contributed by atoms with E-state index in [1.54, 1.807) is 22.5 Å². The first kappa shape index (κ1) is 11.8. The van der Waals surface area contributed by atoms with Crippen LogP contribution in [0.2, 0.25) is 0 Å². The molecule has 5 nitrogen and oxygen atoms in total. The van der Waals surface area contributed by atoms with Crippen molar-refractivity contribution < 1.29 is 9.90 Å². The molecule has 0 radical (unpaired) electrons. The fraction of sp³-hybridized carbons (Fsp3) is 0.364. The van der Waals surface area contributed by atoms with Crippen LogP contribution in [0.25, 0.3) is 10.7 Å². The Morgan fingerprint density at radius 2 is 2.18 bits per heavy atom. The summed E-state index contributed by atoms with van der Waals surface area (Å²) in [5, 5.41) is 15.9. The van der Waals surface area contributed by atoms with E-state index in [1.165, 1.54) is 11.3 Å². The zero-order valence-corrected chi connectivity index (χ0v) is 10.7. The van der Waals surface area contributed by atoms with Gasteiger partial charge in [-0.1, -0.05) is 0 Å². The van der Waals surface area contributed by atoms with E-state index in [0.29, 0.717) is 10.7 Å². The van der Waals surface area contributed by atoms with Crippen molar-refractivity contribution in [1.29, 1.82) is 0 Å². The topological polar surface area (TPSA) is 68.0 Å². The summed E-state index contributed by atoms with van der Waals surface area (Å²) < 4.78 is 1.66. The molecule has 0 spiro atoms. The Morgan fingerprint density at radius 1 is 1.47 bits per heavy atom. The molecule has 0 fully saturated rings. The highest BCUT2D eigenvalue weighted by Crippen LogP contribution is 2.26. The molecular formula is C11H13N3O2S. The number of aromatic nitrogens is 3. The first-order valence-electron chi connectivity index (χ1n) is 5.13. The van der Waals surface area contributed by atoms with Gasteiger partial charge >= 0.3 is 5.97 Å². The van der Waals surface area contributed by atoms with Crippen molar-refractivity contribution in [3.8, 4) is 10.7 Å². The molecule has 0 saturated heterocycles. The zero-order chi connectivity index (χ0) is 12.6. The van der Waals surface area contributed by atoms with Gasteiger partial charge in [0.25, 0.3) is 0 Å². The third-order valence-corrected chi connectivity index (χ3v) is 3.05. The Labute approximate surface area is 103 Å². The Kier molecular flexibility index (Phi) is 2.74. The first-order valence-corrected chi connectivity index (χ1v) is 6.01. The van der Waals surface area contributed by atoms with E-state index in [9.17, 15) is 4.79 Å². The molecule has 2 heterocycles. The van der Waals surface area contributed by atoms with Crippen LogP contribution >= 0.6 is 11.3 Å². The molecule has 0 amide bonds. The lowest BCUT2D eigenvalue weighted by atomic mass is 10.1. The summed E-state index contributed by atoms with van der Waals surface area (Å²) in [6, 6.07) is 0. The maximum Gasteiger partial charge on any atom is 0.339 e. The predicted octanol–water partition coefficient (Wildman–Crippen LogP) is 2.46. The smallest absolute Gasteiger partial charge is 0.339 e. The van der Waals surface area contributed by atoms with Crippen LogP contribution in [0.5, 0.6) is 0 Å². The minimum Gasteiger partial charge on any atom is -0.478 e. The largest absolute Gasteiger partial charge is 0.478 e. The number of hydrogen-bond donors (Lipinski definition) is 1. The molecular weight excluding hydrogens is 238 g/mol. The number of thiazole rings is 1. The SMILES string of the molecule is CC(C)(C)n1cc(C(=O)O)c(-c2nccs2)n1. The van der Waals surface area contributed by atoms with E-state index in [4.69, 9.17) is 5.11 Å². The predicted molar refractivity (Wildman–Crippen MR) is 65.3 cm³/mol. The Bertz CT molecular complexity index is 538. The lowest BCUT2D eigenvalue weighted by Crippen LogP contribution is -2.22. The number of carboxylic acid groups (broad SMARTS) is 1. The highest BCUT2D eigenvalue weighted by Gasteiger charge is 2.23. The summed E-state index contributed by atoms with van der Waals surface area (Å²) >= 11 is 1.38. The van der Waals surface area contributed by atoms with Crippen molar-refractivity contribution in [2.24, 2.45) is 0 Å². The van der Waals surface area contributed by atoms with Crippen LogP contribution in [0.3, 0.4) is 0 Å². The Morgan fingerprint density at radius 3 is 2.65 bits per heavy atom. The molecule has 90 valence electrons. The maximum atomic E-state index is 11.2. The minimum atomic E-state index is -0.981. The van der Waals surface area contributed by atoms with Gasteiger partial charge in [-0.05, 0) is 20.8 Å². The Hall–Kier alpha value is -1.69.